The maximum atomic E-state index is 5.78. The minimum absolute atomic E-state index is 0.0745. The Kier molecular flexibility index (Phi) is 7.58. The fraction of sp³-hybridized carbons (Fsp3) is 0.400. The van der Waals surface area contributed by atoms with Crippen LogP contribution in [0, 0.1) is 0 Å². The quantitative estimate of drug-likeness (QED) is 0.223. The molecule has 190 valence electrons. The number of ether oxygens (including phenoxy) is 6. The molecule has 2 fully saturated rings. The number of rotatable bonds is 14. The van der Waals surface area contributed by atoms with Gasteiger partial charge in [0.2, 0.25) is 0 Å². The first kappa shape index (κ1) is 24.8. The van der Waals surface area contributed by atoms with Crippen LogP contribution in [-0.2, 0) is 18.9 Å². The minimum atomic E-state index is -0.0745. The number of hydrogen-bond acceptors (Lipinski definition) is 6. The Balaban J connectivity index is 1.06. The van der Waals surface area contributed by atoms with E-state index in [4.69, 9.17) is 28.4 Å². The van der Waals surface area contributed by atoms with Crippen molar-refractivity contribution in [1.29, 1.82) is 0 Å². The van der Waals surface area contributed by atoms with Gasteiger partial charge in [-0.25, -0.2) is 0 Å². The van der Waals surface area contributed by atoms with Crippen LogP contribution in [0.3, 0.4) is 0 Å². The van der Waals surface area contributed by atoms with E-state index < -0.39 is 0 Å². The summed E-state index contributed by atoms with van der Waals surface area (Å²) in [5.41, 5.74) is 4.48. The Labute approximate surface area is 213 Å². The minimum Gasteiger partial charge on any atom is -0.491 e. The Hall–Kier alpha value is -2.90. The van der Waals surface area contributed by atoms with Crippen molar-refractivity contribution in [3.63, 3.8) is 0 Å². The van der Waals surface area contributed by atoms with Crippen molar-refractivity contribution in [2.24, 2.45) is 0 Å². The van der Waals surface area contributed by atoms with Crippen LogP contribution in [0.2, 0.25) is 0 Å². The van der Waals surface area contributed by atoms with Crippen LogP contribution in [0.4, 0.5) is 0 Å². The van der Waals surface area contributed by atoms with E-state index in [1.54, 1.807) is 0 Å². The summed E-state index contributed by atoms with van der Waals surface area (Å²) >= 11 is 0. The molecule has 0 spiro atoms. The first-order valence-electron chi connectivity index (χ1n) is 12.5. The summed E-state index contributed by atoms with van der Waals surface area (Å²) in [6.45, 7) is 9.07. The van der Waals surface area contributed by atoms with Crippen LogP contribution in [-0.4, -0.2) is 64.1 Å². The predicted molar refractivity (Wildman–Crippen MR) is 139 cm³/mol. The maximum Gasteiger partial charge on any atom is 0.119 e. The van der Waals surface area contributed by atoms with Crippen LogP contribution >= 0.6 is 0 Å². The smallest absolute Gasteiger partial charge is 0.119 e. The van der Waals surface area contributed by atoms with Gasteiger partial charge in [0.25, 0.3) is 0 Å². The summed E-state index contributed by atoms with van der Waals surface area (Å²) < 4.78 is 33.4. The second-order valence-corrected chi connectivity index (χ2v) is 9.91. The van der Waals surface area contributed by atoms with Gasteiger partial charge in [-0.1, -0.05) is 48.5 Å². The van der Waals surface area contributed by atoms with Gasteiger partial charge < -0.3 is 28.4 Å². The largest absolute Gasteiger partial charge is 0.491 e. The predicted octanol–water partition coefficient (Wildman–Crippen LogP) is 5.39. The van der Waals surface area contributed by atoms with Crippen LogP contribution in [0.15, 0.2) is 72.8 Å². The van der Waals surface area contributed by atoms with Crippen LogP contribution in [0.5, 0.6) is 11.5 Å². The Morgan fingerprint density at radius 2 is 0.833 bits per heavy atom. The molecule has 6 heteroatoms. The molecule has 0 radical (unpaired) electrons. The van der Waals surface area contributed by atoms with Gasteiger partial charge in [0.1, 0.15) is 35.9 Å². The van der Waals surface area contributed by atoms with E-state index >= 15 is 0 Å². The third-order valence-electron chi connectivity index (χ3n) is 6.34. The van der Waals surface area contributed by atoms with E-state index in [-0.39, 0.29) is 11.2 Å². The van der Waals surface area contributed by atoms with Crippen molar-refractivity contribution >= 4 is 0 Å². The molecule has 5 rings (SSSR count). The molecule has 0 amide bonds. The highest BCUT2D eigenvalue weighted by Gasteiger charge is 2.39. The molecule has 3 aromatic carbocycles. The van der Waals surface area contributed by atoms with Crippen molar-refractivity contribution in [2.45, 2.75) is 25.0 Å². The zero-order chi connectivity index (χ0) is 24.8. The van der Waals surface area contributed by atoms with Gasteiger partial charge in [0.05, 0.1) is 39.6 Å². The summed E-state index contributed by atoms with van der Waals surface area (Å²) in [7, 11) is 0. The maximum absolute atomic E-state index is 5.78. The van der Waals surface area contributed by atoms with Crippen molar-refractivity contribution in [3.8, 4) is 33.8 Å². The Morgan fingerprint density at radius 3 is 1.14 bits per heavy atom. The second-order valence-electron chi connectivity index (χ2n) is 9.91. The van der Waals surface area contributed by atoms with Gasteiger partial charge in [0.15, 0.2) is 0 Å². The summed E-state index contributed by atoms with van der Waals surface area (Å²) in [6, 6.07) is 24.9. The molecular formula is C30H34O6. The SMILES string of the molecule is CC1(COCCOc2ccc(-c3ccc(-c4ccc(OCCOCC5(C)CO5)cc4)cc3)cc2)CO1. The lowest BCUT2D eigenvalue weighted by molar-refractivity contribution is 0.0640. The standard InChI is InChI=1S/C30H34O6/c1-29(21-35-29)19-31-15-17-33-27-11-7-25(8-12-27)23-3-5-24(6-4-23)26-9-13-28(14-10-26)34-18-16-32-20-30(2)22-36-30/h3-14H,15-22H2,1-2H3. The summed E-state index contributed by atoms with van der Waals surface area (Å²) in [6.07, 6.45) is 0. The van der Waals surface area contributed by atoms with Gasteiger partial charge in [0, 0.05) is 0 Å². The van der Waals surface area contributed by atoms with Gasteiger partial charge in [-0.2, -0.15) is 0 Å². The lowest BCUT2D eigenvalue weighted by Gasteiger charge is -2.10. The van der Waals surface area contributed by atoms with Crippen LogP contribution in [0.1, 0.15) is 13.8 Å². The van der Waals surface area contributed by atoms with Crippen molar-refractivity contribution in [3.05, 3.63) is 72.8 Å². The van der Waals surface area contributed by atoms with Gasteiger partial charge in [-0.3, -0.25) is 0 Å². The molecule has 2 atom stereocenters. The highest BCUT2D eigenvalue weighted by atomic mass is 16.6. The van der Waals surface area contributed by atoms with Crippen molar-refractivity contribution < 1.29 is 28.4 Å². The van der Waals surface area contributed by atoms with E-state index in [9.17, 15) is 0 Å². The average Bonchev–Trinajstić information content (AvgIpc) is 3.83. The molecule has 2 heterocycles. The summed E-state index contributed by atoms with van der Waals surface area (Å²) in [5, 5.41) is 0. The molecule has 2 unspecified atom stereocenters. The molecule has 3 aromatic rings. The van der Waals surface area contributed by atoms with Gasteiger partial charge in [-0.15, -0.1) is 0 Å². The molecule has 0 bridgehead atoms. The topological polar surface area (TPSA) is 62.0 Å². The molecule has 2 saturated heterocycles. The van der Waals surface area contributed by atoms with Crippen LogP contribution < -0.4 is 9.47 Å². The van der Waals surface area contributed by atoms with E-state index in [1.807, 2.05) is 24.3 Å². The average molecular weight is 491 g/mol. The molecule has 0 saturated carbocycles. The third-order valence-corrected chi connectivity index (χ3v) is 6.34. The van der Waals surface area contributed by atoms with E-state index in [0.29, 0.717) is 39.6 Å². The first-order chi connectivity index (χ1) is 17.5. The highest BCUT2D eigenvalue weighted by Crippen LogP contribution is 2.28. The molecule has 36 heavy (non-hydrogen) atoms. The van der Waals surface area contributed by atoms with Crippen molar-refractivity contribution in [2.75, 3.05) is 52.9 Å². The normalized spacial score (nSPS) is 22.3. The first-order valence-corrected chi connectivity index (χ1v) is 12.5. The fourth-order valence-electron chi connectivity index (χ4n) is 3.77. The zero-order valence-electron chi connectivity index (χ0n) is 21.0. The highest BCUT2D eigenvalue weighted by molar-refractivity contribution is 5.71. The number of benzene rings is 3. The lowest BCUT2D eigenvalue weighted by Crippen LogP contribution is -2.17. The fourth-order valence-corrected chi connectivity index (χ4v) is 3.77. The number of epoxide rings is 2. The molecular weight excluding hydrogens is 456 g/mol. The molecule has 0 aliphatic carbocycles. The molecule has 6 nitrogen and oxygen atoms in total. The molecule has 0 aromatic heterocycles. The molecule has 0 N–H and O–H groups in total. The van der Waals surface area contributed by atoms with E-state index in [2.05, 4.69) is 62.4 Å². The van der Waals surface area contributed by atoms with Crippen LogP contribution in [0.25, 0.3) is 22.3 Å². The van der Waals surface area contributed by atoms with Gasteiger partial charge >= 0.3 is 0 Å². The summed E-state index contributed by atoms with van der Waals surface area (Å²) in [4.78, 5) is 0. The number of hydrogen-bond donors (Lipinski definition) is 0. The zero-order valence-corrected chi connectivity index (χ0v) is 21.0. The summed E-state index contributed by atoms with van der Waals surface area (Å²) in [5.74, 6) is 1.68. The van der Waals surface area contributed by atoms with Gasteiger partial charge in [-0.05, 0) is 60.4 Å². The van der Waals surface area contributed by atoms with E-state index in [0.717, 1.165) is 47.0 Å². The molecule has 2 aliphatic rings. The third kappa shape index (κ3) is 7.08. The molecule has 2 aliphatic heterocycles. The second kappa shape index (κ2) is 11.0. The Bertz CT molecular complexity index is 1010. The van der Waals surface area contributed by atoms with Crippen molar-refractivity contribution in [1.82, 2.24) is 0 Å². The lowest BCUT2D eigenvalue weighted by atomic mass is 10.0. The van der Waals surface area contributed by atoms with E-state index in [1.165, 1.54) is 0 Å². The monoisotopic (exact) mass is 490 g/mol. The Morgan fingerprint density at radius 1 is 0.528 bits per heavy atom.